The minimum absolute atomic E-state index is 0.170. The van der Waals surface area contributed by atoms with Crippen LogP contribution in [0.3, 0.4) is 0 Å². The van der Waals surface area contributed by atoms with Gasteiger partial charge in [0.05, 0.1) is 0 Å². The first-order chi connectivity index (χ1) is 8.65. The molecule has 1 heterocycles. The molecule has 1 unspecified atom stereocenters. The topological polar surface area (TPSA) is 15.3 Å². The molecule has 0 amide bonds. The smallest absolute Gasteiger partial charge is 0.123 e. The van der Waals surface area contributed by atoms with Gasteiger partial charge < -0.3 is 10.2 Å². The summed E-state index contributed by atoms with van der Waals surface area (Å²) in [4.78, 5) is 2.25. The van der Waals surface area contributed by atoms with E-state index in [1.165, 1.54) is 31.4 Å². The van der Waals surface area contributed by atoms with Gasteiger partial charge in [0.15, 0.2) is 0 Å². The molecule has 0 saturated carbocycles. The second kappa shape index (κ2) is 5.70. The summed E-state index contributed by atoms with van der Waals surface area (Å²) in [5.74, 6) is -0.170. The van der Waals surface area contributed by atoms with E-state index in [9.17, 15) is 4.39 Å². The quantitative estimate of drug-likeness (QED) is 0.883. The highest BCUT2D eigenvalue weighted by Gasteiger charge is 2.31. The van der Waals surface area contributed by atoms with Crippen molar-refractivity contribution in [3.8, 4) is 0 Å². The molecular formula is C15H23FN2. The van der Waals surface area contributed by atoms with Gasteiger partial charge in [0.25, 0.3) is 0 Å². The monoisotopic (exact) mass is 250 g/mol. The van der Waals surface area contributed by atoms with Gasteiger partial charge in [-0.25, -0.2) is 4.39 Å². The van der Waals surface area contributed by atoms with Gasteiger partial charge in [0.1, 0.15) is 5.82 Å². The number of hydrogen-bond acceptors (Lipinski definition) is 2. The lowest BCUT2D eigenvalue weighted by molar-refractivity contribution is 0.207. The van der Waals surface area contributed by atoms with Crippen LogP contribution in [0.2, 0.25) is 0 Å². The zero-order valence-corrected chi connectivity index (χ0v) is 11.4. The largest absolute Gasteiger partial charge is 0.374 e. The third kappa shape index (κ3) is 3.02. The number of nitrogens with one attached hydrogen (secondary N) is 1. The molecule has 1 N–H and O–H groups in total. The highest BCUT2D eigenvalue weighted by atomic mass is 19.1. The van der Waals surface area contributed by atoms with E-state index in [4.69, 9.17) is 0 Å². The van der Waals surface area contributed by atoms with E-state index < -0.39 is 0 Å². The van der Waals surface area contributed by atoms with E-state index in [2.05, 4.69) is 24.2 Å². The Bertz CT molecular complexity index is 369. The van der Waals surface area contributed by atoms with E-state index in [1.54, 1.807) is 0 Å². The van der Waals surface area contributed by atoms with Crippen LogP contribution >= 0.6 is 0 Å². The van der Waals surface area contributed by atoms with Gasteiger partial charge in [-0.05, 0) is 50.1 Å². The maximum absolute atomic E-state index is 12.9. The molecule has 1 aromatic rings. The molecule has 1 aliphatic rings. The average molecular weight is 250 g/mol. The van der Waals surface area contributed by atoms with Gasteiger partial charge in [-0.1, -0.05) is 6.92 Å². The number of halogens is 1. The molecule has 2 rings (SSSR count). The molecule has 18 heavy (non-hydrogen) atoms. The highest BCUT2D eigenvalue weighted by molar-refractivity contribution is 5.45. The minimum Gasteiger partial charge on any atom is -0.374 e. The zero-order valence-electron chi connectivity index (χ0n) is 11.4. The number of piperidine rings is 1. The summed E-state index contributed by atoms with van der Waals surface area (Å²) in [6.07, 6.45) is 3.72. The van der Waals surface area contributed by atoms with E-state index in [-0.39, 0.29) is 5.82 Å². The van der Waals surface area contributed by atoms with Gasteiger partial charge >= 0.3 is 0 Å². The lowest BCUT2D eigenvalue weighted by Gasteiger charge is -2.40. The summed E-state index contributed by atoms with van der Waals surface area (Å²) < 4.78 is 12.9. The molecular weight excluding hydrogens is 227 g/mol. The Morgan fingerprint density at radius 3 is 2.61 bits per heavy atom. The first-order valence-corrected chi connectivity index (χ1v) is 6.83. The summed E-state index contributed by atoms with van der Waals surface area (Å²) >= 11 is 0. The van der Waals surface area contributed by atoms with Crippen LogP contribution in [0.15, 0.2) is 24.3 Å². The fourth-order valence-corrected chi connectivity index (χ4v) is 2.87. The van der Waals surface area contributed by atoms with Crippen molar-refractivity contribution < 1.29 is 4.39 Å². The Morgan fingerprint density at radius 2 is 2.06 bits per heavy atom. The van der Waals surface area contributed by atoms with Crippen LogP contribution in [0.25, 0.3) is 0 Å². The van der Waals surface area contributed by atoms with Crippen molar-refractivity contribution in [3.63, 3.8) is 0 Å². The first kappa shape index (κ1) is 13.3. The van der Waals surface area contributed by atoms with Crippen molar-refractivity contribution in [1.29, 1.82) is 0 Å². The summed E-state index contributed by atoms with van der Waals surface area (Å²) in [5.41, 5.74) is 1.45. The third-order valence-corrected chi connectivity index (χ3v) is 4.15. The van der Waals surface area contributed by atoms with E-state index in [0.29, 0.717) is 5.41 Å². The predicted octanol–water partition coefficient (Wildman–Crippen LogP) is 3.04. The van der Waals surface area contributed by atoms with Crippen LogP contribution in [-0.2, 0) is 0 Å². The van der Waals surface area contributed by atoms with Crippen LogP contribution in [0.4, 0.5) is 10.1 Å². The third-order valence-electron chi connectivity index (χ3n) is 4.15. The van der Waals surface area contributed by atoms with Gasteiger partial charge in [-0.3, -0.25) is 0 Å². The van der Waals surface area contributed by atoms with E-state index >= 15 is 0 Å². The van der Waals surface area contributed by atoms with E-state index in [1.807, 2.05) is 12.1 Å². The number of hydrogen-bond donors (Lipinski definition) is 1. The molecule has 1 aliphatic heterocycles. The molecule has 0 bridgehead atoms. The van der Waals surface area contributed by atoms with E-state index in [0.717, 1.165) is 25.3 Å². The molecule has 100 valence electrons. The molecule has 1 aromatic carbocycles. The number of nitrogens with zero attached hydrogens (tertiary/aromatic N) is 1. The number of anilines is 1. The minimum atomic E-state index is -0.170. The number of rotatable bonds is 4. The molecule has 0 radical (unpaired) electrons. The van der Waals surface area contributed by atoms with Crippen molar-refractivity contribution >= 4 is 5.69 Å². The lowest BCUT2D eigenvalue weighted by Crippen LogP contribution is -2.46. The number of benzene rings is 1. The van der Waals surface area contributed by atoms with Crippen molar-refractivity contribution in [3.05, 3.63) is 30.1 Å². The lowest BCUT2D eigenvalue weighted by atomic mass is 9.78. The maximum atomic E-state index is 12.9. The zero-order chi connectivity index (χ0) is 13.0. The molecule has 3 heteroatoms. The Labute approximate surface area is 109 Å². The van der Waals surface area contributed by atoms with Crippen molar-refractivity contribution in [2.24, 2.45) is 5.41 Å². The van der Waals surface area contributed by atoms with Crippen LogP contribution < -0.4 is 10.2 Å². The summed E-state index contributed by atoms with van der Waals surface area (Å²) in [5, 5.41) is 3.51. The first-order valence-electron chi connectivity index (χ1n) is 6.83. The fourth-order valence-electron chi connectivity index (χ4n) is 2.87. The molecule has 1 saturated heterocycles. The SMILES string of the molecule is CCC1(CN(C)c2ccc(F)cc2)CCCNC1. The predicted molar refractivity (Wildman–Crippen MR) is 74.5 cm³/mol. The van der Waals surface area contributed by atoms with Gasteiger partial charge in [-0.2, -0.15) is 0 Å². The normalized spacial score (nSPS) is 23.9. The van der Waals surface area contributed by atoms with Crippen LogP contribution in [0.5, 0.6) is 0 Å². The molecule has 0 spiro atoms. The standard InChI is InChI=1S/C15H23FN2/c1-3-15(9-4-10-17-11-15)12-18(2)14-7-5-13(16)6-8-14/h5-8,17H,3-4,9-12H2,1-2H3. The maximum Gasteiger partial charge on any atom is 0.123 e. The summed E-state index contributed by atoms with van der Waals surface area (Å²) in [6, 6.07) is 6.77. The van der Waals surface area contributed by atoms with Crippen LogP contribution in [0, 0.1) is 11.2 Å². The molecule has 0 aromatic heterocycles. The molecule has 1 fully saturated rings. The molecule has 2 nitrogen and oxygen atoms in total. The van der Waals surface area contributed by atoms with Gasteiger partial charge in [0, 0.05) is 31.2 Å². The fraction of sp³-hybridized carbons (Fsp3) is 0.600. The van der Waals surface area contributed by atoms with Crippen molar-refractivity contribution in [2.45, 2.75) is 26.2 Å². The molecule has 1 atom stereocenters. The van der Waals surface area contributed by atoms with Gasteiger partial charge in [0.2, 0.25) is 0 Å². The second-order valence-corrected chi connectivity index (χ2v) is 5.47. The average Bonchev–Trinajstić information content (AvgIpc) is 2.40. The highest BCUT2D eigenvalue weighted by Crippen LogP contribution is 2.32. The summed E-state index contributed by atoms with van der Waals surface area (Å²) in [7, 11) is 2.10. The molecule has 0 aliphatic carbocycles. The van der Waals surface area contributed by atoms with Crippen molar-refractivity contribution in [2.75, 3.05) is 31.6 Å². The Balaban J connectivity index is 2.04. The Hall–Kier alpha value is -1.09. The Morgan fingerprint density at radius 1 is 1.33 bits per heavy atom. The van der Waals surface area contributed by atoms with Gasteiger partial charge in [-0.15, -0.1) is 0 Å². The second-order valence-electron chi connectivity index (χ2n) is 5.47. The van der Waals surface area contributed by atoms with Crippen LogP contribution in [-0.4, -0.2) is 26.7 Å². The van der Waals surface area contributed by atoms with Crippen LogP contribution in [0.1, 0.15) is 26.2 Å². The summed E-state index contributed by atoms with van der Waals surface area (Å²) in [6.45, 7) is 5.53. The Kier molecular flexibility index (Phi) is 4.23. The van der Waals surface area contributed by atoms with Crippen molar-refractivity contribution in [1.82, 2.24) is 5.32 Å².